The Kier molecular flexibility index (Phi) is 6.67. The minimum atomic E-state index is 0.507. The Labute approximate surface area is 104 Å². The van der Waals surface area contributed by atoms with Crippen molar-refractivity contribution in [2.75, 3.05) is 0 Å². The van der Waals surface area contributed by atoms with Crippen molar-refractivity contribution in [3.05, 3.63) is 0 Å². The van der Waals surface area contributed by atoms with Crippen LogP contribution in [-0.4, -0.2) is 0 Å². The van der Waals surface area contributed by atoms with E-state index in [0.717, 1.165) is 23.7 Å². The predicted octanol–water partition coefficient (Wildman–Crippen LogP) is 5.77. The molecule has 0 aliphatic heterocycles. The SMILES string of the molecule is CC(C)C(C)C(C)C(C)CCCC(C)(C)C. The molecule has 0 saturated carbocycles. The first-order valence-electron chi connectivity index (χ1n) is 7.15. The van der Waals surface area contributed by atoms with E-state index in [9.17, 15) is 0 Å². The van der Waals surface area contributed by atoms with Gasteiger partial charge in [-0.1, -0.05) is 68.2 Å². The summed E-state index contributed by atoms with van der Waals surface area (Å²) in [6.45, 7) is 19.0. The van der Waals surface area contributed by atoms with Gasteiger partial charge in [-0.2, -0.15) is 0 Å². The Bertz CT molecular complexity index is 173. The second-order valence-corrected chi connectivity index (χ2v) is 7.39. The van der Waals surface area contributed by atoms with Crippen molar-refractivity contribution >= 4 is 0 Å². The minimum Gasteiger partial charge on any atom is -0.0625 e. The molecule has 3 atom stereocenters. The van der Waals surface area contributed by atoms with E-state index in [1.54, 1.807) is 0 Å². The van der Waals surface area contributed by atoms with Crippen molar-refractivity contribution in [1.29, 1.82) is 0 Å². The standard InChI is InChI=1S/C16H34/c1-12(2)14(4)15(5)13(3)10-9-11-16(6,7)8/h12-15H,9-11H2,1-8H3. The molecule has 0 aromatic heterocycles. The van der Waals surface area contributed by atoms with Gasteiger partial charge in [-0.15, -0.1) is 0 Å². The van der Waals surface area contributed by atoms with Crippen LogP contribution in [-0.2, 0) is 0 Å². The maximum Gasteiger partial charge on any atom is -0.0383 e. The number of rotatable bonds is 6. The molecule has 0 heterocycles. The molecule has 16 heavy (non-hydrogen) atoms. The normalized spacial score (nSPS) is 18.6. The molecule has 0 rings (SSSR count). The zero-order valence-electron chi connectivity index (χ0n) is 12.9. The predicted molar refractivity (Wildman–Crippen MR) is 75.6 cm³/mol. The molecule has 98 valence electrons. The van der Waals surface area contributed by atoms with Crippen molar-refractivity contribution in [3.63, 3.8) is 0 Å². The lowest BCUT2D eigenvalue weighted by Gasteiger charge is -2.29. The second kappa shape index (κ2) is 6.67. The molecule has 3 unspecified atom stereocenters. The molecule has 0 bridgehead atoms. The Morgan fingerprint density at radius 3 is 1.69 bits per heavy atom. The fraction of sp³-hybridized carbons (Fsp3) is 1.00. The molecule has 0 spiro atoms. The van der Waals surface area contributed by atoms with Crippen molar-refractivity contribution in [2.45, 2.75) is 74.7 Å². The fourth-order valence-corrected chi connectivity index (χ4v) is 2.34. The van der Waals surface area contributed by atoms with Crippen molar-refractivity contribution < 1.29 is 0 Å². The lowest BCUT2D eigenvalue weighted by Crippen LogP contribution is -2.21. The van der Waals surface area contributed by atoms with Crippen molar-refractivity contribution in [3.8, 4) is 0 Å². The molecule has 0 N–H and O–H groups in total. The van der Waals surface area contributed by atoms with Gasteiger partial charge in [-0.25, -0.2) is 0 Å². The average Bonchev–Trinajstić information content (AvgIpc) is 2.13. The maximum atomic E-state index is 2.44. The van der Waals surface area contributed by atoms with Gasteiger partial charge in [-0.05, 0) is 35.5 Å². The second-order valence-electron chi connectivity index (χ2n) is 7.39. The highest BCUT2D eigenvalue weighted by atomic mass is 14.3. The van der Waals surface area contributed by atoms with E-state index in [1.807, 2.05) is 0 Å². The minimum absolute atomic E-state index is 0.507. The zero-order valence-corrected chi connectivity index (χ0v) is 12.9. The van der Waals surface area contributed by atoms with Crippen LogP contribution in [0.3, 0.4) is 0 Å². The van der Waals surface area contributed by atoms with E-state index in [4.69, 9.17) is 0 Å². The van der Waals surface area contributed by atoms with Crippen LogP contribution in [0.2, 0.25) is 0 Å². The van der Waals surface area contributed by atoms with Gasteiger partial charge in [0.05, 0.1) is 0 Å². The molecule has 0 aromatic carbocycles. The monoisotopic (exact) mass is 226 g/mol. The third-order valence-corrected chi connectivity index (χ3v) is 4.36. The molecule has 0 aliphatic carbocycles. The summed E-state index contributed by atoms with van der Waals surface area (Å²) in [5.41, 5.74) is 0.507. The summed E-state index contributed by atoms with van der Waals surface area (Å²) in [5, 5.41) is 0. The summed E-state index contributed by atoms with van der Waals surface area (Å²) in [6.07, 6.45) is 4.15. The van der Waals surface area contributed by atoms with Crippen LogP contribution < -0.4 is 0 Å². The van der Waals surface area contributed by atoms with Crippen LogP contribution in [0.15, 0.2) is 0 Å². The smallest absolute Gasteiger partial charge is 0.0383 e. The third-order valence-electron chi connectivity index (χ3n) is 4.36. The summed E-state index contributed by atoms with van der Waals surface area (Å²) in [4.78, 5) is 0. The number of hydrogen-bond donors (Lipinski definition) is 0. The molecule has 0 amide bonds. The lowest BCUT2D eigenvalue weighted by atomic mass is 9.76. The van der Waals surface area contributed by atoms with E-state index in [1.165, 1.54) is 19.3 Å². The first kappa shape index (κ1) is 16.0. The molecule has 0 nitrogen and oxygen atoms in total. The molecule has 0 saturated heterocycles. The van der Waals surface area contributed by atoms with Crippen LogP contribution in [0.1, 0.15) is 74.7 Å². The highest BCUT2D eigenvalue weighted by molar-refractivity contribution is 4.71. The summed E-state index contributed by atoms with van der Waals surface area (Å²) in [7, 11) is 0. The van der Waals surface area contributed by atoms with Gasteiger partial charge in [-0.3, -0.25) is 0 Å². The van der Waals surface area contributed by atoms with Crippen molar-refractivity contribution in [2.24, 2.45) is 29.1 Å². The first-order valence-corrected chi connectivity index (χ1v) is 7.15. The van der Waals surface area contributed by atoms with Gasteiger partial charge in [0.2, 0.25) is 0 Å². The van der Waals surface area contributed by atoms with Gasteiger partial charge >= 0.3 is 0 Å². The highest BCUT2D eigenvalue weighted by Gasteiger charge is 2.21. The van der Waals surface area contributed by atoms with Gasteiger partial charge in [0.15, 0.2) is 0 Å². The van der Waals surface area contributed by atoms with Crippen LogP contribution in [0.4, 0.5) is 0 Å². The molecule has 0 heteroatoms. The molecule has 0 radical (unpaired) electrons. The Hall–Kier alpha value is 0. The van der Waals surface area contributed by atoms with E-state index >= 15 is 0 Å². The molecule has 0 fully saturated rings. The summed E-state index contributed by atoms with van der Waals surface area (Å²) in [5.74, 6) is 3.41. The van der Waals surface area contributed by atoms with Crippen LogP contribution in [0.5, 0.6) is 0 Å². The Morgan fingerprint density at radius 2 is 1.31 bits per heavy atom. The lowest BCUT2D eigenvalue weighted by molar-refractivity contribution is 0.205. The Morgan fingerprint density at radius 1 is 0.812 bits per heavy atom. The largest absolute Gasteiger partial charge is 0.0625 e. The molecule has 0 aromatic rings. The van der Waals surface area contributed by atoms with Crippen LogP contribution in [0.25, 0.3) is 0 Å². The van der Waals surface area contributed by atoms with E-state index < -0.39 is 0 Å². The van der Waals surface area contributed by atoms with Gasteiger partial charge < -0.3 is 0 Å². The quantitative estimate of drug-likeness (QED) is 0.539. The maximum absolute atomic E-state index is 2.44. The fourth-order valence-electron chi connectivity index (χ4n) is 2.34. The van der Waals surface area contributed by atoms with Crippen molar-refractivity contribution in [1.82, 2.24) is 0 Å². The molecule has 0 aliphatic rings. The zero-order chi connectivity index (χ0) is 12.9. The van der Waals surface area contributed by atoms with Crippen LogP contribution >= 0.6 is 0 Å². The van der Waals surface area contributed by atoms with Gasteiger partial charge in [0.1, 0.15) is 0 Å². The highest BCUT2D eigenvalue weighted by Crippen LogP contribution is 2.31. The average molecular weight is 226 g/mol. The van der Waals surface area contributed by atoms with Gasteiger partial charge in [0.25, 0.3) is 0 Å². The number of hydrogen-bond acceptors (Lipinski definition) is 0. The summed E-state index contributed by atoms with van der Waals surface area (Å²) in [6, 6.07) is 0. The first-order chi connectivity index (χ1) is 7.15. The van der Waals surface area contributed by atoms with Crippen LogP contribution in [0, 0.1) is 29.1 Å². The Balaban J connectivity index is 3.93. The summed E-state index contributed by atoms with van der Waals surface area (Å²) >= 11 is 0. The topological polar surface area (TPSA) is 0 Å². The van der Waals surface area contributed by atoms with E-state index in [2.05, 4.69) is 55.4 Å². The third kappa shape index (κ3) is 6.55. The molecular weight excluding hydrogens is 192 g/mol. The van der Waals surface area contributed by atoms with E-state index in [-0.39, 0.29) is 0 Å². The van der Waals surface area contributed by atoms with E-state index in [0.29, 0.717) is 5.41 Å². The summed E-state index contributed by atoms with van der Waals surface area (Å²) < 4.78 is 0. The molecular formula is C16H34. The van der Waals surface area contributed by atoms with Gasteiger partial charge in [0, 0.05) is 0 Å².